The summed E-state index contributed by atoms with van der Waals surface area (Å²) in [4.78, 5) is 6.80. The van der Waals surface area contributed by atoms with Crippen LogP contribution in [-0.4, -0.2) is 43.1 Å². The second kappa shape index (κ2) is 6.09. The Balaban J connectivity index is 1.61. The zero-order valence-electron chi connectivity index (χ0n) is 10.1. The van der Waals surface area contributed by atoms with Crippen molar-refractivity contribution in [1.82, 2.24) is 10.2 Å². The fourth-order valence-electron chi connectivity index (χ4n) is 2.42. The summed E-state index contributed by atoms with van der Waals surface area (Å²) >= 11 is 0. The lowest BCUT2D eigenvalue weighted by molar-refractivity contribution is 0.187. The third-order valence-corrected chi connectivity index (χ3v) is 3.60. The van der Waals surface area contributed by atoms with E-state index < -0.39 is 0 Å². The van der Waals surface area contributed by atoms with Crippen molar-refractivity contribution in [3.8, 4) is 0 Å². The first-order chi connectivity index (χ1) is 7.84. The van der Waals surface area contributed by atoms with Gasteiger partial charge < -0.3 is 16.0 Å². The van der Waals surface area contributed by atoms with Crippen LogP contribution in [0.4, 0.5) is 0 Å². The molecule has 0 bridgehead atoms. The molecule has 3 N–H and O–H groups in total. The van der Waals surface area contributed by atoms with E-state index in [2.05, 4.69) is 15.2 Å². The lowest BCUT2D eigenvalue weighted by atomic mass is 9.96. The Morgan fingerprint density at radius 1 is 1.19 bits per heavy atom. The quantitative estimate of drug-likeness (QED) is 0.552. The Labute approximate surface area is 98.3 Å². The minimum atomic E-state index is 0.571. The van der Waals surface area contributed by atoms with Gasteiger partial charge >= 0.3 is 0 Å². The van der Waals surface area contributed by atoms with Crippen LogP contribution >= 0.6 is 0 Å². The normalized spacial score (nSPS) is 24.1. The van der Waals surface area contributed by atoms with Crippen molar-refractivity contribution in [3.05, 3.63) is 0 Å². The summed E-state index contributed by atoms with van der Waals surface area (Å²) < 4.78 is 0. The molecule has 0 unspecified atom stereocenters. The maximum absolute atomic E-state index is 5.87. The molecule has 0 aromatic carbocycles. The van der Waals surface area contributed by atoms with Crippen molar-refractivity contribution >= 4 is 5.96 Å². The van der Waals surface area contributed by atoms with Crippen LogP contribution in [0.1, 0.15) is 38.5 Å². The van der Waals surface area contributed by atoms with Crippen LogP contribution in [0.2, 0.25) is 0 Å². The smallest absolute Gasteiger partial charge is 0.188 e. The van der Waals surface area contributed by atoms with Crippen molar-refractivity contribution in [2.45, 2.75) is 44.6 Å². The van der Waals surface area contributed by atoms with Crippen LogP contribution < -0.4 is 11.1 Å². The lowest BCUT2D eigenvalue weighted by Crippen LogP contribution is -2.42. The van der Waals surface area contributed by atoms with Crippen molar-refractivity contribution in [2.75, 3.05) is 26.2 Å². The summed E-state index contributed by atoms with van der Waals surface area (Å²) in [6.45, 7) is 4.38. The minimum absolute atomic E-state index is 0.571. The topological polar surface area (TPSA) is 53.6 Å². The van der Waals surface area contributed by atoms with Gasteiger partial charge in [-0.15, -0.1) is 0 Å². The zero-order valence-corrected chi connectivity index (χ0v) is 10.1. The molecule has 92 valence electrons. The average Bonchev–Trinajstić information content (AvgIpc) is 2.23. The molecule has 0 spiro atoms. The molecule has 1 heterocycles. The SMILES string of the molecule is NC(=NCCN1CCC1)NC1CCCCC1. The molecular weight excluding hydrogens is 200 g/mol. The highest BCUT2D eigenvalue weighted by Crippen LogP contribution is 2.16. The predicted octanol–water partition coefficient (Wildman–Crippen LogP) is 0.929. The van der Waals surface area contributed by atoms with Gasteiger partial charge in [0.25, 0.3) is 0 Å². The Morgan fingerprint density at radius 2 is 1.94 bits per heavy atom. The molecule has 1 aliphatic carbocycles. The molecule has 0 radical (unpaired) electrons. The van der Waals surface area contributed by atoms with Gasteiger partial charge in [0.1, 0.15) is 0 Å². The van der Waals surface area contributed by atoms with Crippen LogP contribution in [0.5, 0.6) is 0 Å². The number of nitrogens with two attached hydrogens (primary N) is 1. The van der Waals surface area contributed by atoms with E-state index in [0.29, 0.717) is 12.0 Å². The third kappa shape index (κ3) is 3.67. The third-order valence-electron chi connectivity index (χ3n) is 3.60. The fourth-order valence-corrected chi connectivity index (χ4v) is 2.42. The fraction of sp³-hybridized carbons (Fsp3) is 0.917. The summed E-state index contributed by atoms with van der Waals surface area (Å²) in [5, 5.41) is 3.34. The minimum Gasteiger partial charge on any atom is -0.370 e. The molecule has 16 heavy (non-hydrogen) atoms. The summed E-state index contributed by atoms with van der Waals surface area (Å²) in [6, 6.07) is 0.571. The van der Waals surface area contributed by atoms with Gasteiger partial charge in [0.2, 0.25) is 0 Å². The lowest BCUT2D eigenvalue weighted by Gasteiger charge is -2.30. The van der Waals surface area contributed by atoms with Gasteiger partial charge in [-0.05, 0) is 32.4 Å². The van der Waals surface area contributed by atoms with E-state index in [0.717, 1.165) is 13.1 Å². The maximum atomic E-state index is 5.87. The number of hydrogen-bond acceptors (Lipinski definition) is 2. The van der Waals surface area contributed by atoms with E-state index in [9.17, 15) is 0 Å². The van der Waals surface area contributed by atoms with E-state index in [4.69, 9.17) is 5.73 Å². The molecule has 1 saturated heterocycles. The molecule has 2 aliphatic rings. The molecule has 0 aromatic rings. The molecule has 4 heteroatoms. The Hall–Kier alpha value is -0.770. The largest absolute Gasteiger partial charge is 0.370 e. The molecule has 1 aliphatic heterocycles. The van der Waals surface area contributed by atoms with Crippen LogP contribution in [0, 0.1) is 0 Å². The second-order valence-electron chi connectivity index (χ2n) is 4.94. The van der Waals surface area contributed by atoms with Gasteiger partial charge in [0.05, 0.1) is 6.54 Å². The van der Waals surface area contributed by atoms with Crippen LogP contribution in [0.15, 0.2) is 4.99 Å². The van der Waals surface area contributed by atoms with E-state index in [-0.39, 0.29) is 0 Å². The molecule has 4 nitrogen and oxygen atoms in total. The van der Waals surface area contributed by atoms with Crippen LogP contribution in [0.3, 0.4) is 0 Å². The highest BCUT2D eigenvalue weighted by atomic mass is 15.2. The molecular formula is C12H24N4. The van der Waals surface area contributed by atoms with E-state index in [1.807, 2.05) is 0 Å². The monoisotopic (exact) mass is 224 g/mol. The Bertz CT molecular complexity index is 229. The Morgan fingerprint density at radius 3 is 2.56 bits per heavy atom. The molecule has 0 amide bonds. The van der Waals surface area contributed by atoms with E-state index in [1.54, 1.807) is 0 Å². The number of aliphatic imine (C=N–C) groups is 1. The van der Waals surface area contributed by atoms with Gasteiger partial charge in [-0.25, -0.2) is 0 Å². The van der Waals surface area contributed by atoms with Crippen molar-refractivity contribution in [1.29, 1.82) is 0 Å². The highest BCUT2D eigenvalue weighted by molar-refractivity contribution is 5.78. The maximum Gasteiger partial charge on any atom is 0.188 e. The Kier molecular flexibility index (Phi) is 4.45. The van der Waals surface area contributed by atoms with Gasteiger partial charge in [-0.3, -0.25) is 4.99 Å². The molecule has 2 rings (SSSR count). The van der Waals surface area contributed by atoms with E-state index >= 15 is 0 Å². The first-order valence-corrected chi connectivity index (χ1v) is 6.63. The summed E-state index contributed by atoms with van der Waals surface area (Å²) in [5.41, 5.74) is 5.87. The number of hydrogen-bond donors (Lipinski definition) is 2. The van der Waals surface area contributed by atoms with Gasteiger partial charge in [0, 0.05) is 12.6 Å². The molecule has 0 aromatic heterocycles. The second-order valence-corrected chi connectivity index (χ2v) is 4.94. The highest BCUT2D eigenvalue weighted by Gasteiger charge is 2.14. The predicted molar refractivity (Wildman–Crippen MR) is 67.6 cm³/mol. The molecule has 1 saturated carbocycles. The van der Waals surface area contributed by atoms with Gasteiger partial charge in [-0.2, -0.15) is 0 Å². The molecule has 0 atom stereocenters. The number of nitrogens with zero attached hydrogens (tertiary/aromatic N) is 2. The van der Waals surface area contributed by atoms with Crippen LogP contribution in [0.25, 0.3) is 0 Å². The van der Waals surface area contributed by atoms with Crippen LogP contribution in [-0.2, 0) is 0 Å². The first kappa shape index (κ1) is 11.7. The van der Waals surface area contributed by atoms with Gasteiger partial charge in [0.15, 0.2) is 5.96 Å². The van der Waals surface area contributed by atoms with Crippen molar-refractivity contribution in [2.24, 2.45) is 10.7 Å². The first-order valence-electron chi connectivity index (χ1n) is 6.63. The van der Waals surface area contributed by atoms with E-state index in [1.165, 1.54) is 51.6 Å². The van der Waals surface area contributed by atoms with Gasteiger partial charge in [-0.1, -0.05) is 19.3 Å². The number of rotatable bonds is 4. The number of nitrogens with one attached hydrogen (secondary N) is 1. The number of guanidine groups is 1. The zero-order chi connectivity index (χ0) is 11.2. The molecule has 2 fully saturated rings. The summed E-state index contributed by atoms with van der Waals surface area (Å²) in [7, 11) is 0. The van der Waals surface area contributed by atoms with Crippen molar-refractivity contribution < 1.29 is 0 Å². The summed E-state index contributed by atoms with van der Waals surface area (Å²) in [6.07, 6.45) is 7.89. The average molecular weight is 224 g/mol. The standard InChI is InChI=1S/C12H24N4/c13-12(14-7-10-16-8-4-9-16)15-11-5-2-1-3-6-11/h11H,1-10H2,(H3,13,14,15). The number of likely N-dealkylation sites (tertiary alicyclic amines) is 1. The van der Waals surface area contributed by atoms with Crippen molar-refractivity contribution in [3.63, 3.8) is 0 Å². The summed E-state index contributed by atoms with van der Waals surface area (Å²) in [5.74, 6) is 0.646.